The number of aromatic nitrogens is 1. The van der Waals surface area contributed by atoms with Crippen LogP contribution < -0.4 is 4.74 Å². The highest BCUT2D eigenvalue weighted by Gasteiger charge is 2.23. The van der Waals surface area contributed by atoms with Gasteiger partial charge in [0.25, 0.3) is 0 Å². The smallest absolute Gasteiger partial charge is 0.231 e. The van der Waals surface area contributed by atoms with Crippen molar-refractivity contribution in [3.63, 3.8) is 0 Å². The second-order valence-corrected chi connectivity index (χ2v) is 4.65. The quantitative estimate of drug-likeness (QED) is 0.800. The van der Waals surface area contributed by atoms with Gasteiger partial charge in [0.2, 0.25) is 5.88 Å². The van der Waals surface area contributed by atoms with Crippen molar-refractivity contribution in [3.05, 3.63) is 23.9 Å². The molecule has 1 aromatic heterocycles. The summed E-state index contributed by atoms with van der Waals surface area (Å²) >= 11 is 0. The lowest BCUT2D eigenvalue weighted by atomic mass is 9.85. The Hall–Kier alpha value is -1.56. The number of hydrogen-bond donors (Lipinski definition) is 0. The average Bonchev–Trinajstić information content (AvgIpc) is 2.39. The van der Waals surface area contributed by atoms with Crippen LogP contribution >= 0.6 is 0 Å². The molecule has 17 heavy (non-hydrogen) atoms. The lowest BCUT2D eigenvalue weighted by molar-refractivity contribution is 0.117. The van der Waals surface area contributed by atoms with Gasteiger partial charge in [-0.3, -0.25) is 0 Å². The Bertz CT molecular complexity index is 411. The number of ether oxygens (including phenoxy) is 1. The topological polar surface area (TPSA) is 45.9 Å². The van der Waals surface area contributed by atoms with E-state index in [9.17, 15) is 0 Å². The molecule has 0 spiro atoms. The largest absolute Gasteiger partial charge is 0.473 e. The molecule has 2 rings (SSSR count). The SMILES string of the molecule is CCC1CCCC(Oc2ncccc2C#N)C1. The van der Waals surface area contributed by atoms with Gasteiger partial charge in [0, 0.05) is 6.20 Å². The van der Waals surface area contributed by atoms with Gasteiger partial charge < -0.3 is 4.74 Å². The maximum atomic E-state index is 8.98. The third-order valence-corrected chi connectivity index (χ3v) is 3.48. The molecule has 0 N–H and O–H groups in total. The normalized spacial score (nSPS) is 24.0. The Morgan fingerprint density at radius 3 is 3.18 bits per heavy atom. The van der Waals surface area contributed by atoms with Crippen molar-refractivity contribution in [1.82, 2.24) is 4.98 Å². The maximum absolute atomic E-state index is 8.98. The molecule has 1 aliphatic carbocycles. The second kappa shape index (κ2) is 5.67. The number of hydrogen-bond acceptors (Lipinski definition) is 3. The zero-order valence-electron chi connectivity index (χ0n) is 10.2. The van der Waals surface area contributed by atoms with E-state index in [1.54, 1.807) is 18.3 Å². The van der Waals surface area contributed by atoms with Crippen LogP contribution in [-0.4, -0.2) is 11.1 Å². The molecule has 1 aromatic rings. The van der Waals surface area contributed by atoms with Gasteiger partial charge in [0.1, 0.15) is 17.7 Å². The van der Waals surface area contributed by atoms with Gasteiger partial charge in [-0.15, -0.1) is 0 Å². The second-order valence-electron chi connectivity index (χ2n) is 4.65. The summed E-state index contributed by atoms with van der Waals surface area (Å²) in [5, 5.41) is 8.98. The van der Waals surface area contributed by atoms with E-state index in [-0.39, 0.29) is 6.10 Å². The van der Waals surface area contributed by atoms with E-state index < -0.39 is 0 Å². The van der Waals surface area contributed by atoms with E-state index in [0.29, 0.717) is 11.4 Å². The van der Waals surface area contributed by atoms with Gasteiger partial charge in [-0.05, 0) is 37.3 Å². The molecule has 0 amide bonds. The zero-order valence-corrected chi connectivity index (χ0v) is 10.2. The van der Waals surface area contributed by atoms with Crippen LogP contribution in [0, 0.1) is 17.2 Å². The van der Waals surface area contributed by atoms with Gasteiger partial charge in [-0.1, -0.05) is 19.8 Å². The van der Waals surface area contributed by atoms with Crippen LogP contribution in [0.25, 0.3) is 0 Å². The zero-order chi connectivity index (χ0) is 12.1. The fraction of sp³-hybridized carbons (Fsp3) is 0.571. The summed E-state index contributed by atoms with van der Waals surface area (Å²) in [7, 11) is 0. The Morgan fingerprint density at radius 1 is 1.53 bits per heavy atom. The minimum absolute atomic E-state index is 0.232. The number of pyridine rings is 1. The standard InChI is InChI=1S/C14H18N2O/c1-2-11-5-3-7-13(9-11)17-14-12(10-15)6-4-8-16-14/h4,6,8,11,13H,2-3,5,7,9H2,1H3. The monoisotopic (exact) mass is 230 g/mol. The summed E-state index contributed by atoms with van der Waals surface area (Å²) in [4.78, 5) is 4.15. The first-order valence-electron chi connectivity index (χ1n) is 6.35. The van der Waals surface area contributed by atoms with Gasteiger partial charge in [-0.25, -0.2) is 4.98 Å². The first-order chi connectivity index (χ1) is 8.33. The lowest BCUT2D eigenvalue weighted by Gasteiger charge is -2.28. The van der Waals surface area contributed by atoms with E-state index in [1.165, 1.54) is 19.3 Å². The molecule has 90 valence electrons. The third-order valence-electron chi connectivity index (χ3n) is 3.48. The van der Waals surface area contributed by atoms with Crippen molar-refractivity contribution < 1.29 is 4.74 Å². The number of nitriles is 1. The molecule has 1 saturated carbocycles. The highest BCUT2D eigenvalue weighted by Crippen LogP contribution is 2.29. The fourth-order valence-electron chi connectivity index (χ4n) is 2.45. The van der Waals surface area contributed by atoms with Crippen molar-refractivity contribution in [3.8, 4) is 11.9 Å². The number of rotatable bonds is 3. The predicted octanol–water partition coefficient (Wildman–Crippen LogP) is 3.30. The molecule has 3 heteroatoms. The van der Waals surface area contributed by atoms with E-state index in [0.717, 1.165) is 18.8 Å². The maximum Gasteiger partial charge on any atom is 0.231 e. The molecule has 2 unspecified atom stereocenters. The minimum Gasteiger partial charge on any atom is -0.473 e. The highest BCUT2D eigenvalue weighted by atomic mass is 16.5. The van der Waals surface area contributed by atoms with Gasteiger partial charge >= 0.3 is 0 Å². The van der Waals surface area contributed by atoms with E-state index in [1.807, 2.05) is 0 Å². The van der Waals surface area contributed by atoms with Crippen LogP contribution in [0.5, 0.6) is 5.88 Å². The summed E-state index contributed by atoms with van der Waals surface area (Å²) in [5.41, 5.74) is 0.533. The Labute approximate surface area is 102 Å². The third kappa shape index (κ3) is 2.97. The van der Waals surface area contributed by atoms with E-state index in [2.05, 4.69) is 18.0 Å². The molecule has 0 saturated heterocycles. The summed E-state index contributed by atoms with van der Waals surface area (Å²) < 4.78 is 5.88. The molecule has 0 aromatic carbocycles. The summed E-state index contributed by atoms with van der Waals surface area (Å²) in [6.45, 7) is 2.23. The van der Waals surface area contributed by atoms with Crippen molar-refractivity contribution in [2.75, 3.05) is 0 Å². The molecule has 2 atom stereocenters. The van der Waals surface area contributed by atoms with Crippen molar-refractivity contribution in [2.24, 2.45) is 5.92 Å². The summed E-state index contributed by atoms with van der Waals surface area (Å²) in [6.07, 6.45) is 7.83. The van der Waals surface area contributed by atoms with Crippen molar-refractivity contribution >= 4 is 0 Å². The molecular formula is C14H18N2O. The van der Waals surface area contributed by atoms with Gasteiger partial charge in [0.05, 0.1) is 0 Å². The van der Waals surface area contributed by atoms with Gasteiger partial charge in [-0.2, -0.15) is 5.26 Å². The van der Waals surface area contributed by atoms with Crippen LogP contribution in [0.4, 0.5) is 0 Å². The van der Waals surface area contributed by atoms with E-state index >= 15 is 0 Å². The Morgan fingerprint density at radius 2 is 2.41 bits per heavy atom. The Balaban J connectivity index is 2.03. The summed E-state index contributed by atoms with van der Waals surface area (Å²) in [6, 6.07) is 5.64. The number of nitrogens with zero attached hydrogens (tertiary/aromatic N) is 2. The molecule has 1 fully saturated rings. The van der Waals surface area contributed by atoms with Crippen molar-refractivity contribution in [2.45, 2.75) is 45.1 Å². The molecule has 1 heterocycles. The molecule has 0 bridgehead atoms. The van der Waals surface area contributed by atoms with Crippen LogP contribution in [0.15, 0.2) is 18.3 Å². The molecule has 0 radical (unpaired) electrons. The molecular weight excluding hydrogens is 212 g/mol. The van der Waals surface area contributed by atoms with E-state index in [4.69, 9.17) is 10.00 Å². The van der Waals surface area contributed by atoms with Crippen LogP contribution in [0.2, 0.25) is 0 Å². The minimum atomic E-state index is 0.232. The first kappa shape index (κ1) is 11.9. The van der Waals surface area contributed by atoms with Crippen molar-refractivity contribution in [1.29, 1.82) is 5.26 Å². The fourth-order valence-corrected chi connectivity index (χ4v) is 2.45. The average molecular weight is 230 g/mol. The molecule has 1 aliphatic rings. The molecule has 3 nitrogen and oxygen atoms in total. The lowest BCUT2D eigenvalue weighted by Crippen LogP contribution is -2.25. The van der Waals surface area contributed by atoms with Crippen LogP contribution in [0.1, 0.15) is 44.6 Å². The van der Waals surface area contributed by atoms with Crippen LogP contribution in [0.3, 0.4) is 0 Å². The summed E-state index contributed by atoms with van der Waals surface area (Å²) in [5.74, 6) is 1.26. The predicted molar refractivity (Wildman–Crippen MR) is 65.6 cm³/mol. The molecule has 0 aliphatic heterocycles. The van der Waals surface area contributed by atoms with Crippen LogP contribution in [-0.2, 0) is 0 Å². The first-order valence-corrected chi connectivity index (χ1v) is 6.35. The highest BCUT2D eigenvalue weighted by molar-refractivity contribution is 5.37. The Kier molecular flexibility index (Phi) is 3.98. The van der Waals surface area contributed by atoms with Gasteiger partial charge in [0.15, 0.2) is 0 Å².